The van der Waals surface area contributed by atoms with E-state index in [0.717, 1.165) is 12.8 Å². The van der Waals surface area contributed by atoms with Crippen LogP contribution in [0.1, 0.15) is 39.1 Å². The van der Waals surface area contributed by atoms with Crippen LogP contribution in [0.25, 0.3) is 0 Å². The van der Waals surface area contributed by atoms with Gasteiger partial charge in [0.15, 0.2) is 0 Å². The first-order chi connectivity index (χ1) is 13.4. The molecule has 28 heavy (non-hydrogen) atoms. The van der Waals surface area contributed by atoms with Gasteiger partial charge in [-0.15, -0.1) is 0 Å². The number of carbonyl (C=O) groups is 3. The number of nitrogens with zero attached hydrogens (tertiary/aromatic N) is 1. The first-order valence-corrected chi connectivity index (χ1v) is 8.95. The molecule has 0 aliphatic heterocycles. The third-order valence-electron chi connectivity index (χ3n) is 4.58. The van der Waals surface area contributed by atoms with E-state index in [1.165, 1.54) is 24.1 Å². The average Bonchev–Trinajstić information content (AvgIpc) is 3.52. The van der Waals surface area contributed by atoms with Gasteiger partial charge in [-0.25, -0.2) is 4.79 Å². The monoisotopic (exact) mass is 382 g/mol. The van der Waals surface area contributed by atoms with Crippen molar-refractivity contribution in [2.45, 2.75) is 19.4 Å². The van der Waals surface area contributed by atoms with Gasteiger partial charge >= 0.3 is 5.97 Å². The van der Waals surface area contributed by atoms with E-state index in [-0.39, 0.29) is 24.0 Å². The maximum absolute atomic E-state index is 12.9. The summed E-state index contributed by atoms with van der Waals surface area (Å²) in [7, 11) is 3.17. The SMILES string of the molecule is COCc1cc(NC(=O)c2ccccc2N(C)C(=O)C2CC2)cc(C(=O)O)c1. The zero-order chi connectivity index (χ0) is 20.3. The number of methoxy groups -OCH3 is 1. The lowest BCUT2D eigenvalue weighted by Crippen LogP contribution is -2.30. The second-order valence-corrected chi connectivity index (χ2v) is 6.80. The molecule has 0 aromatic heterocycles. The van der Waals surface area contributed by atoms with Gasteiger partial charge in [-0.3, -0.25) is 9.59 Å². The molecule has 7 nitrogen and oxygen atoms in total. The van der Waals surface area contributed by atoms with Gasteiger partial charge in [-0.1, -0.05) is 12.1 Å². The summed E-state index contributed by atoms with van der Waals surface area (Å²) in [5, 5.41) is 12.0. The number of rotatable bonds is 7. The largest absolute Gasteiger partial charge is 0.478 e. The Morgan fingerprint density at radius 3 is 2.54 bits per heavy atom. The maximum atomic E-state index is 12.9. The molecule has 0 atom stereocenters. The quantitative estimate of drug-likeness (QED) is 0.767. The van der Waals surface area contributed by atoms with Crippen molar-refractivity contribution in [1.29, 1.82) is 0 Å². The topological polar surface area (TPSA) is 95.9 Å². The zero-order valence-corrected chi connectivity index (χ0v) is 15.8. The van der Waals surface area contributed by atoms with E-state index in [9.17, 15) is 19.5 Å². The summed E-state index contributed by atoms with van der Waals surface area (Å²) in [6.45, 7) is 0.221. The number of carboxylic acids is 1. The molecule has 0 unspecified atom stereocenters. The highest BCUT2D eigenvalue weighted by molar-refractivity contribution is 6.11. The molecule has 0 heterocycles. The Labute approximate surface area is 162 Å². The van der Waals surface area contributed by atoms with E-state index in [1.54, 1.807) is 37.4 Å². The molecule has 1 aliphatic rings. The van der Waals surface area contributed by atoms with E-state index < -0.39 is 11.9 Å². The van der Waals surface area contributed by atoms with E-state index in [0.29, 0.717) is 22.5 Å². The second kappa shape index (κ2) is 8.22. The molecule has 1 saturated carbocycles. The van der Waals surface area contributed by atoms with Gasteiger partial charge < -0.3 is 20.1 Å². The molecular weight excluding hydrogens is 360 g/mol. The fourth-order valence-corrected chi connectivity index (χ4v) is 3.02. The Kier molecular flexibility index (Phi) is 5.75. The van der Waals surface area contributed by atoms with Crippen LogP contribution in [0.4, 0.5) is 11.4 Å². The number of carboxylic acid groups (broad SMARTS) is 1. The predicted molar refractivity (Wildman–Crippen MR) is 105 cm³/mol. The standard InChI is InChI=1S/C21H22N2O5/c1-23(20(25)14-7-8-14)18-6-4-3-5-17(18)19(24)22-16-10-13(12-28-2)9-15(11-16)21(26)27/h3-6,9-11,14H,7-8,12H2,1-2H3,(H,22,24)(H,26,27). The molecule has 1 aliphatic carbocycles. The molecule has 146 valence electrons. The van der Waals surface area contributed by atoms with Crippen LogP contribution >= 0.6 is 0 Å². The van der Waals surface area contributed by atoms with Crippen LogP contribution in [0.5, 0.6) is 0 Å². The molecular formula is C21H22N2O5. The van der Waals surface area contributed by atoms with Crippen LogP contribution in [-0.2, 0) is 16.1 Å². The molecule has 3 rings (SSSR count). The summed E-state index contributed by atoms with van der Waals surface area (Å²) in [5.41, 5.74) is 1.89. The summed E-state index contributed by atoms with van der Waals surface area (Å²) in [4.78, 5) is 38.1. The van der Waals surface area contributed by atoms with Gasteiger partial charge in [0.05, 0.1) is 23.4 Å². The Bertz CT molecular complexity index is 921. The first kappa shape index (κ1) is 19.6. The van der Waals surface area contributed by atoms with Gasteiger partial charge in [-0.2, -0.15) is 0 Å². The highest BCUT2D eigenvalue weighted by Gasteiger charge is 2.33. The van der Waals surface area contributed by atoms with Crippen molar-refractivity contribution in [2.24, 2.45) is 5.92 Å². The lowest BCUT2D eigenvalue weighted by molar-refractivity contribution is -0.119. The summed E-state index contributed by atoms with van der Waals surface area (Å²) in [5.74, 6) is -1.49. The van der Waals surface area contributed by atoms with E-state index in [1.807, 2.05) is 0 Å². The average molecular weight is 382 g/mol. The number of nitrogens with one attached hydrogen (secondary N) is 1. The second-order valence-electron chi connectivity index (χ2n) is 6.80. The first-order valence-electron chi connectivity index (χ1n) is 8.95. The highest BCUT2D eigenvalue weighted by Crippen LogP contribution is 2.33. The van der Waals surface area contributed by atoms with Crippen LogP contribution < -0.4 is 10.2 Å². The minimum atomic E-state index is -1.09. The molecule has 2 aromatic carbocycles. The number of hydrogen-bond donors (Lipinski definition) is 2. The van der Waals surface area contributed by atoms with Crippen LogP contribution in [-0.4, -0.2) is 37.0 Å². The fourth-order valence-electron chi connectivity index (χ4n) is 3.02. The lowest BCUT2D eigenvalue weighted by atomic mass is 10.1. The van der Waals surface area contributed by atoms with Gasteiger partial charge in [0.2, 0.25) is 5.91 Å². The molecule has 0 bridgehead atoms. The van der Waals surface area contributed by atoms with Gasteiger partial charge in [-0.05, 0) is 48.7 Å². The van der Waals surface area contributed by atoms with Crippen molar-refractivity contribution in [2.75, 3.05) is 24.4 Å². The Morgan fingerprint density at radius 2 is 1.89 bits per heavy atom. The van der Waals surface area contributed by atoms with Gasteiger partial charge in [0.25, 0.3) is 5.91 Å². The van der Waals surface area contributed by atoms with Crippen LogP contribution in [0.2, 0.25) is 0 Å². The molecule has 7 heteroatoms. The zero-order valence-electron chi connectivity index (χ0n) is 15.8. The number of benzene rings is 2. The molecule has 2 N–H and O–H groups in total. The molecule has 0 spiro atoms. The number of aromatic carboxylic acids is 1. The van der Waals surface area contributed by atoms with Crippen LogP contribution in [0, 0.1) is 5.92 Å². The Hall–Kier alpha value is -3.19. The minimum absolute atomic E-state index is 0.00416. The number of para-hydroxylation sites is 1. The summed E-state index contributed by atoms with van der Waals surface area (Å²) < 4.78 is 5.06. The van der Waals surface area contributed by atoms with Crippen molar-refractivity contribution in [3.05, 3.63) is 59.2 Å². The predicted octanol–water partition coefficient (Wildman–Crippen LogP) is 3.16. The van der Waals surface area contributed by atoms with Crippen molar-refractivity contribution in [1.82, 2.24) is 0 Å². The number of anilines is 2. The fraction of sp³-hybridized carbons (Fsp3) is 0.286. The van der Waals surface area contributed by atoms with Crippen LogP contribution in [0.3, 0.4) is 0 Å². The Morgan fingerprint density at radius 1 is 1.18 bits per heavy atom. The maximum Gasteiger partial charge on any atom is 0.335 e. The summed E-state index contributed by atoms with van der Waals surface area (Å²) in [6.07, 6.45) is 1.75. The van der Waals surface area contributed by atoms with Gasteiger partial charge in [0, 0.05) is 25.8 Å². The molecule has 1 fully saturated rings. The van der Waals surface area contributed by atoms with Crippen molar-refractivity contribution in [3.63, 3.8) is 0 Å². The number of hydrogen-bond acceptors (Lipinski definition) is 4. The Balaban J connectivity index is 1.87. The molecule has 2 amide bonds. The van der Waals surface area contributed by atoms with Crippen molar-refractivity contribution >= 4 is 29.2 Å². The summed E-state index contributed by atoms with van der Waals surface area (Å²) >= 11 is 0. The van der Waals surface area contributed by atoms with Crippen molar-refractivity contribution in [3.8, 4) is 0 Å². The van der Waals surface area contributed by atoms with Gasteiger partial charge in [0.1, 0.15) is 0 Å². The van der Waals surface area contributed by atoms with E-state index >= 15 is 0 Å². The minimum Gasteiger partial charge on any atom is -0.478 e. The normalized spacial score (nSPS) is 13.1. The third kappa shape index (κ3) is 4.37. The number of amides is 2. The van der Waals surface area contributed by atoms with Crippen molar-refractivity contribution < 1.29 is 24.2 Å². The smallest absolute Gasteiger partial charge is 0.335 e. The van der Waals surface area contributed by atoms with E-state index in [4.69, 9.17) is 4.74 Å². The van der Waals surface area contributed by atoms with E-state index in [2.05, 4.69) is 5.32 Å². The third-order valence-corrected chi connectivity index (χ3v) is 4.58. The lowest BCUT2D eigenvalue weighted by Gasteiger charge is -2.20. The van der Waals surface area contributed by atoms with Crippen LogP contribution in [0.15, 0.2) is 42.5 Å². The number of carbonyl (C=O) groups excluding carboxylic acids is 2. The number of ether oxygens (including phenoxy) is 1. The summed E-state index contributed by atoms with van der Waals surface area (Å²) in [6, 6.07) is 11.4. The molecule has 0 radical (unpaired) electrons. The molecule has 0 saturated heterocycles. The highest BCUT2D eigenvalue weighted by atomic mass is 16.5. The molecule has 2 aromatic rings.